The molecule has 0 aliphatic carbocycles. The minimum absolute atomic E-state index is 0.00882. The van der Waals surface area contributed by atoms with Crippen LogP contribution < -0.4 is 5.32 Å². The quantitative estimate of drug-likeness (QED) is 0.543. The van der Waals surface area contributed by atoms with Gasteiger partial charge in [-0.15, -0.1) is 0 Å². The average Bonchev–Trinajstić information content (AvgIpc) is 2.73. The van der Waals surface area contributed by atoms with Gasteiger partial charge in [-0.2, -0.15) is 13.2 Å². The minimum atomic E-state index is -4.48. The number of carbonyl (C=O) groups is 1. The number of hydrogen-bond acceptors (Lipinski definition) is 5. The number of carbonyl (C=O) groups excluding carboxylic acids is 1. The fourth-order valence-electron chi connectivity index (χ4n) is 3.35. The molecule has 0 unspecified atom stereocenters. The number of piperidine rings is 1. The Hall–Kier alpha value is -2.92. The predicted molar refractivity (Wildman–Crippen MR) is 102 cm³/mol. The van der Waals surface area contributed by atoms with E-state index in [9.17, 15) is 28.2 Å². The topological polar surface area (TPSA) is 106 Å². The van der Waals surface area contributed by atoms with Gasteiger partial charge in [-0.1, -0.05) is 0 Å². The van der Waals surface area contributed by atoms with Crippen molar-refractivity contribution in [3.8, 4) is 5.75 Å². The number of pyridine rings is 1. The van der Waals surface area contributed by atoms with E-state index in [1.165, 1.54) is 11.1 Å². The van der Waals surface area contributed by atoms with Gasteiger partial charge in [0.2, 0.25) is 0 Å². The Morgan fingerprint density at radius 1 is 1.23 bits per heavy atom. The first-order chi connectivity index (χ1) is 14.5. The number of anilines is 1. The van der Waals surface area contributed by atoms with Gasteiger partial charge in [-0.25, -0.2) is 9.18 Å². The molecule has 1 aliphatic rings. The Bertz CT molecular complexity index is 929. The Morgan fingerprint density at radius 2 is 1.84 bits per heavy atom. The maximum atomic E-state index is 15.4. The zero-order chi connectivity index (χ0) is 22.8. The smallest absolute Gasteiger partial charge is 0.416 e. The highest BCUT2D eigenvalue weighted by Gasteiger charge is 2.41. The third kappa shape index (κ3) is 5.05. The van der Waals surface area contributed by atoms with Crippen LogP contribution in [0.3, 0.4) is 0 Å². The Labute approximate surface area is 175 Å². The lowest BCUT2D eigenvalue weighted by Gasteiger charge is -2.36. The molecule has 11 heteroatoms. The number of nitrogens with one attached hydrogen (secondary N) is 1. The van der Waals surface area contributed by atoms with Gasteiger partial charge in [0.1, 0.15) is 17.5 Å². The van der Waals surface area contributed by atoms with Gasteiger partial charge in [0.15, 0.2) is 5.67 Å². The number of hydrogen-bond donors (Lipinski definition) is 4. The summed E-state index contributed by atoms with van der Waals surface area (Å²) in [5, 5.41) is 31.2. The maximum Gasteiger partial charge on any atom is 0.416 e. The highest BCUT2D eigenvalue weighted by atomic mass is 19.4. The molecule has 0 bridgehead atoms. The Morgan fingerprint density at radius 3 is 2.35 bits per heavy atom. The number of benzene rings is 1. The van der Waals surface area contributed by atoms with E-state index in [1.807, 2.05) is 0 Å². The maximum absolute atomic E-state index is 15.4. The third-order valence-corrected chi connectivity index (χ3v) is 5.18. The van der Waals surface area contributed by atoms with E-state index in [4.69, 9.17) is 5.11 Å². The summed E-state index contributed by atoms with van der Waals surface area (Å²) < 4.78 is 53.2. The van der Waals surface area contributed by atoms with Crippen molar-refractivity contribution in [2.45, 2.75) is 30.8 Å². The number of halogens is 4. The van der Waals surface area contributed by atoms with Crippen LogP contribution in [0.2, 0.25) is 0 Å². The lowest BCUT2D eigenvalue weighted by atomic mass is 9.88. The van der Waals surface area contributed by atoms with Gasteiger partial charge in [0.05, 0.1) is 12.2 Å². The van der Waals surface area contributed by atoms with Crippen LogP contribution in [0.4, 0.5) is 28.0 Å². The summed E-state index contributed by atoms with van der Waals surface area (Å²) in [6.07, 6.45) is -4.88. The molecule has 0 saturated carbocycles. The summed E-state index contributed by atoms with van der Waals surface area (Å²) in [4.78, 5) is 17.6. The van der Waals surface area contributed by atoms with Gasteiger partial charge >= 0.3 is 12.2 Å². The molecule has 0 radical (unpaired) electrons. The summed E-state index contributed by atoms with van der Waals surface area (Å²) in [6.45, 7) is -0.597. The van der Waals surface area contributed by atoms with Crippen LogP contribution >= 0.6 is 0 Å². The second-order valence-corrected chi connectivity index (χ2v) is 7.29. The number of likely N-dealkylation sites (tertiary alicyclic amines) is 1. The lowest BCUT2D eigenvalue weighted by Crippen LogP contribution is -2.45. The van der Waals surface area contributed by atoms with E-state index in [0.717, 1.165) is 30.3 Å². The first-order valence-electron chi connectivity index (χ1n) is 9.44. The third-order valence-electron chi connectivity index (χ3n) is 5.18. The lowest BCUT2D eigenvalue weighted by molar-refractivity contribution is -0.137. The van der Waals surface area contributed by atoms with Crippen molar-refractivity contribution in [2.75, 3.05) is 25.0 Å². The number of amides is 2. The molecule has 1 atom stereocenters. The van der Waals surface area contributed by atoms with E-state index >= 15 is 4.39 Å². The summed E-state index contributed by atoms with van der Waals surface area (Å²) in [7, 11) is 0. The van der Waals surface area contributed by atoms with Gasteiger partial charge in [0, 0.05) is 43.4 Å². The van der Waals surface area contributed by atoms with Crippen LogP contribution in [0.1, 0.15) is 35.8 Å². The zero-order valence-corrected chi connectivity index (χ0v) is 16.2. The molecule has 1 aromatic carbocycles. The molecule has 0 spiro atoms. The fraction of sp³-hybridized carbons (Fsp3) is 0.400. The molecule has 3 rings (SSSR count). The van der Waals surface area contributed by atoms with Crippen molar-refractivity contribution >= 4 is 11.7 Å². The molecule has 168 valence electrons. The van der Waals surface area contributed by atoms with Crippen LogP contribution in [0.25, 0.3) is 0 Å². The molecule has 1 aliphatic heterocycles. The molecular formula is C20H21F4N3O4. The second kappa shape index (κ2) is 8.67. The molecule has 31 heavy (non-hydrogen) atoms. The normalized spacial score (nSPS) is 17.3. The molecule has 2 amide bonds. The number of aromatic nitrogens is 1. The van der Waals surface area contributed by atoms with Crippen LogP contribution in [-0.2, 0) is 11.8 Å². The van der Waals surface area contributed by atoms with E-state index in [2.05, 4.69) is 10.3 Å². The first kappa shape index (κ1) is 22.8. The van der Waals surface area contributed by atoms with Crippen molar-refractivity contribution in [1.29, 1.82) is 0 Å². The number of alkyl halides is 4. The van der Waals surface area contributed by atoms with Gasteiger partial charge in [0.25, 0.3) is 0 Å². The Balaban J connectivity index is 1.62. The van der Waals surface area contributed by atoms with Crippen LogP contribution in [0, 0.1) is 0 Å². The molecular weight excluding hydrogens is 422 g/mol. The number of aliphatic hydroxyl groups excluding tert-OH is 2. The highest BCUT2D eigenvalue weighted by molar-refractivity contribution is 5.89. The van der Waals surface area contributed by atoms with Gasteiger partial charge in [-0.3, -0.25) is 4.98 Å². The van der Waals surface area contributed by atoms with Gasteiger partial charge in [-0.05, 0) is 30.3 Å². The predicted octanol–water partition coefficient (Wildman–Crippen LogP) is 3.32. The molecule has 1 saturated heterocycles. The molecule has 2 aromatic rings. The summed E-state index contributed by atoms with van der Waals surface area (Å²) >= 11 is 0. The summed E-state index contributed by atoms with van der Waals surface area (Å²) in [5.41, 5.74) is -2.74. The largest absolute Gasteiger partial charge is 0.506 e. The standard InChI is InChI=1S/C20H21F4N3O4/c21-19(17-15(29)9-12(10-25-17)16(30)11-28)5-7-27(8-6-19)18(31)26-14-3-1-13(2-4-14)20(22,23)24/h1-4,9-10,16,28-30H,5-8,11H2,(H,26,31)/t16-/m0/s1. The first-order valence-corrected chi connectivity index (χ1v) is 9.44. The number of urea groups is 1. The molecule has 1 fully saturated rings. The van der Waals surface area contributed by atoms with Crippen LogP contribution in [-0.4, -0.2) is 50.9 Å². The number of rotatable bonds is 4. The van der Waals surface area contributed by atoms with Crippen LogP contribution in [0.5, 0.6) is 5.75 Å². The van der Waals surface area contributed by atoms with Crippen molar-refractivity contribution in [3.05, 3.63) is 53.3 Å². The van der Waals surface area contributed by atoms with E-state index in [-0.39, 0.29) is 42.9 Å². The van der Waals surface area contributed by atoms with Gasteiger partial charge < -0.3 is 25.5 Å². The van der Waals surface area contributed by atoms with E-state index < -0.39 is 41.9 Å². The van der Waals surface area contributed by atoms with Crippen molar-refractivity contribution in [1.82, 2.24) is 9.88 Å². The van der Waals surface area contributed by atoms with E-state index in [0.29, 0.717) is 0 Å². The van der Waals surface area contributed by atoms with E-state index in [1.54, 1.807) is 0 Å². The Kier molecular flexibility index (Phi) is 6.37. The van der Waals surface area contributed by atoms with Crippen LogP contribution in [0.15, 0.2) is 36.5 Å². The van der Waals surface area contributed by atoms with Crippen molar-refractivity contribution in [2.24, 2.45) is 0 Å². The fourth-order valence-corrected chi connectivity index (χ4v) is 3.35. The zero-order valence-electron chi connectivity index (χ0n) is 16.2. The molecule has 1 aromatic heterocycles. The molecule has 2 heterocycles. The monoisotopic (exact) mass is 443 g/mol. The minimum Gasteiger partial charge on any atom is -0.506 e. The SMILES string of the molecule is O=C(Nc1ccc(C(F)(F)F)cc1)N1CCC(F)(c2ncc([C@@H](O)CO)cc2O)CC1. The number of aromatic hydroxyl groups is 1. The molecule has 4 N–H and O–H groups in total. The number of aliphatic hydroxyl groups is 2. The second-order valence-electron chi connectivity index (χ2n) is 7.29. The molecule has 7 nitrogen and oxygen atoms in total. The average molecular weight is 443 g/mol. The highest BCUT2D eigenvalue weighted by Crippen LogP contribution is 2.40. The summed E-state index contributed by atoms with van der Waals surface area (Å²) in [5.74, 6) is -0.463. The summed E-state index contributed by atoms with van der Waals surface area (Å²) in [6, 6.07) is 4.52. The van der Waals surface area contributed by atoms with Crippen molar-refractivity contribution < 1.29 is 37.7 Å². The number of nitrogens with zero attached hydrogens (tertiary/aromatic N) is 2. The van der Waals surface area contributed by atoms with Crippen molar-refractivity contribution in [3.63, 3.8) is 0 Å².